The summed E-state index contributed by atoms with van der Waals surface area (Å²) in [5, 5.41) is 23.0. The van der Waals surface area contributed by atoms with Crippen LogP contribution in [-0.2, 0) is 21.8 Å². The summed E-state index contributed by atoms with van der Waals surface area (Å²) < 4.78 is 12.2. The van der Waals surface area contributed by atoms with Gasteiger partial charge in [-0.3, -0.25) is 14.5 Å². The monoisotopic (exact) mass is 635 g/mol. The van der Waals surface area contributed by atoms with E-state index in [0.29, 0.717) is 40.0 Å². The van der Waals surface area contributed by atoms with Gasteiger partial charge in [0, 0.05) is 17.7 Å². The lowest BCUT2D eigenvalue weighted by atomic mass is 9.94. The number of rotatable bonds is 8. The number of nitrogens with zero attached hydrogens (tertiary/aromatic N) is 3. The molecule has 226 valence electrons. The van der Waals surface area contributed by atoms with Gasteiger partial charge in [0.25, 0.3) is 5.78 Å². The van der Waals surface area contributed by atoms with E-state index >= 15 is 0 Å². The molecule has 2 aliphatic heterocycles. The summed E-state index contributed by atoms with van der Waals surface area (Å²) in [4.78, 5) is 28.8. The third kappa shape index (κ3) is 5.44. The number of anilines is 1. The molecule has 5 aromatic rings. The Balaban J connectivity index is 1.26. The number of carbonyl (C=O) groups excluding carboxylic acids is 2. The van der Waals surface area contributed by atoms with Crippen molar-refractivity contribution in [2.45, 2.75) is 42.5 Å². The van der Waals surface area contributed by atoms with Crippen molar-refractivity contribution in [3.05, 3.63) is 113 Å². The van der Waals surface area contributed by atoms with Crippen LogP contribution < -0.4 is 14.4 Å². The SMILES string of the molecule is CCOc1cccc([C@H]2C(=C(O)c3ccc4c(c3)C[C@H](C)O4)C(=O)C(=O)N2c2nnc(SCc3cccc4ccccc34)s2)c1. The highest BCUT2D eigenvalue weighted by atomic mass is 32.2. The van der Waals surface area contributed by atoms with Gasteiger partial charge in [-0.05, 0) is 71.6 Å². The molecule has 8 nitrogen and oxygen atoms in total. The molecule has 1 aromatic heterocycles. The van der Waals surface area contributed by atoms with E-state index in [4.69, 9.17) is 9.47 Å². The molecule has 0 saturated carbocycles. The van der Waals surface area contributed by atoms with Gasteiger partial charge in [-0.25, -0.2) is 0 Å². The lowest BCUT2D eigenvalue weighted by molar-refractivity contribution is -0.132. The van der Waals surface area contributed by atoms with Crippen LogP contribution >= 0.6 is 23.1 Å². The number of hydrogen-bond donors (Lipinski definition) is 1. The molecule has 0 spiro atoms. The lowest BCUT2D eigenvalue weighted by Crippen LogP contribution is -2.29. The Kier molecular flexibility index (Phi) is 7.76. The first-order valence-corrected chi connectivity index (χ1v) is 16.5. The summed E-state index contributed by atoms with van der Waals surface area (Å²) in [5.41, 5.74) is 3.14. The van der Waals surface area contributed by atoms with Crippen LogP contribution in [-0.4, -0.2) is 39.7 Å². The summed E-state index contributed by atoms with van der Waals surface area (Å²) in [6.07, 6.45) is 0.712. The standard InChI is InChI=1S/C35H29N3O5S2/c1-3-42-26-12-7-10-22(18-26)30-29(31(39)23-14-15-28-25(17-23)16-20(2)43-28)32(40)33(41)38(30)34-36-37-35(45-34)44-19-24-11-6-9-21-8-4-5-13-27(21)24/h4-15,17-18,20,30,39H,3,16,19H2,1-2H3/t20-,30-/m0/s1. The lowest BCUT2D eigenvalue weighted by Gasteiger charge is -2.23. The number of ketones is 1. The molecule has 0 bridgehead atoms. The van der Waals surface area contributed by atoms with Crippen molar-refractivity contribution in [1.82, 2.24) is 10.2 Å². The van der Waals surface area contributed by atoms with Gasteiger partial charge in [0.05, 0.1) is 18.2 Å². The number of benzene rings is 4. The summed E-state index contributed by atoms with van der Waals surface area (Å²) in [7, 11) is 0. The molecule has 2 aliphatic rings. The first kappa shape index (κ1) is 29.1. The van der Waals surface area contributed by atoms with Crippen molar-refractivity contribution < 1.29 is 24.2 Å². The molecule has 10 heteroatoms. The maximum atomic E-state index is 13.7. The average Bonchev–Trinajstić information content (AvgIpc) is 3.74. The Hall–Kier alpha value is -4.67. The van der Waals surface area contributed by atoms with Crippen molar-refractivity contribution in [2.24, 2.45) is 0 Å². The predicted octanol–water partition coefficient (Wildman–Crippen LogP) is 7.33. The van der Waals surface area contributed by atoms with Crippen LogP contribution in [0.4, 0.5) is 5.13 Å². The fraction of sp³-hybridized carbons (Fsp3) is 0.200. The average molecular weight is 636 g/mol. The number of aliphatic hydroxyl groups is 1. The topological polar surface area (TPSA) is 102 Å². The normalized spacial score (nSPS) is 18.8. The fourth-order valence-electron chi connectivity index (χ4n) is 5.93. The van der Waals surface area contributed by atoms with Crippen LogP contribution in [0, 0.1) is 0 Å². The number of amides is 1. The second-order valence-corrected chi connectivity index (χ2v) is 13.1. The highest BCUT2D eigenvalue weighted by Gasteiger charge is 2.48. The number of aromatic nitrogens is 2. The number of carbonyl (C=O) groups is 2. The molecule has 2 atom stereocenters. The van der Waals surface area contributed by atoms with Crippen LogP contribution in [0.5, 0.6) is 11.5 Å². The second kappa shape index (κ2) is 12.0. The Morgan fingerprint density at radius 2 is 1.87 bits per heavy atom. The van der Waals surface area contributed by atoms with Crippen LogP contribution in [0.1, 0.15) is 42.1 Å². The molecule has 0 radical (unpaired) electrons. The number of ether oxygens (including phenoxy) is 2. The van der Waals surface area contributed by atoms with Gasteiger partial charge in [-0.2, -0.15) is 0 Å². The Bertz CT molecular complexity index is 1980. The summed E-state index contributed by atoms with van der Waals surface area (Å²) in [6, 6.07) is 26.0. The molecular weight excluding hydrogens is 607 g/mol. The van der Waals surface area contributed by atoms with Crippen molar-refractivity contribution in [3.8, 4) is 11.5 Å². The van der Waals surface area contributed by atoms with Crippen molar-refractivity contribution in [2.75, 3.05) is 11.5 Å². The predicted molar refractivity (Wildman–Crippen MR) is 176 cm³/mol. The van der Waals surface area contributed by atoms with Crippen molar-refractivity contribution in [3.63, 3.8) is 0 Å². The van der Waals surface area contributed by atoms with Gasteiger partial charge in [-0.1, -0.05) is 77.7 Å². The van der Waals surface area contributed by atoms with Gasteiger partial charge in [0.2, 0.25) is 5.13 Å². The van der Waals surface area contributed by atoms with E-state index in [1.807, 2.05) is 50.2 Å². The third-order valence-electron chi connectivity index (χ3n) is 7.93. The molecule has 3 heterocycles. The quantitative estimate of drug-likeness (QED) is 0.0622. The first-order chi connectivity index (χ1) is 21.9. The van der Waals surface area contributed by atoms with Gasteiger partial charge in [0.15, 0.2) is 4.34 Å². The number of fused-ring (bicyclic) bond motifs is 2. The highest BCUT2D eigenvalue weighted by molar-refractivity contribution is 8.00. The minimum absolute atomic E-state index is 0.0132. The Labute approximate surface area is 268 Å². The maximum Gasteiger partial charge on any atom is 0.301 e. The number of aliphatic hydroxyl groups excluding tert-OH is 1. The second-order valence-electron chi connectivity index (χ2n) is 10.9. The summed E-state index contributed by atoms with van der Waals surface area (Å²) in [5.74, 6) is 0.193. The molecule has 1 amide bonds. The van der Waals surface area contributed by atoms with Crippen LogP contribution in [0.3, 0.4) is 0 Å². The maximum absolute atomic E-state index is 13.7. The van der Waals surface area contributed by atoms with Crippen molar-refractivity contribution in [1.29, 1.82) is 0 Å². The van der Waals surface area contributed by atoms with E-state index in [9.17, 15) is 14.7 Å². The number of thioether (sulfide) groups is 1. The molecule has 4 aromatic carbocycles. The van der Waals surface area contributed by atoms with E-state index in [-0.39, 0.29) is 22.6 Å². The van der Waals surface area contributed by atoms with Crippen molar-refractivity contribution >= 4 is 56.5 Å². The van der Waals surface area contributed by atoms with E-state index < -0.39 is 17.7 Å². The molecule has 7 rings (SSSR count). The third-order valence-corrected chi connectivity index (χ3v) is 10.0. The van der Waals surface area contributed by atoms with Crippen LogP contribution in [0.15, 0.2) is 94.8 Å². The number of Topliss-reactive ketones (excluding diaryl/α,β-unsaturated/α-hetero) is 1. The first-order valence-electron chi connectivity index (χ1n) is 14.7. The zero-order valence-electron chi connectivity index (χ0n) is 24.6. The highest BCUT2D eigenvalue weighted by Crippen LogP contribution is 2.45. The van der Waals surface area contributed by atoms with E-state index in [1.54, 1.807) is 24.3 Å². The Morgan fingerprint density at radius 3 is 2.73 bits per heavy atom. The van der Waals surface area contributed by atoms with E-state index in [0.717, 1.165) is 22.3 Å². The molecular formula is C35H29N3O5S2. The molecule has 0 unspecified atom stereocenters. The molecule has 1 fully saturated rings. The molecule has 1 saturated heterocycles. The zero-order chi connectivity index (χ0) is 31.1. The Morgan fingerprint density at radius 1 is 1.04 bits per heavy atom. The zero-order valence-corrected chi connectivity index (χ0v) is 26.2. The van der Waals surface area contributed by atoms with E-state index in [2.05, 4.69) is 34.5 Å². The van der Waals surface area contributed by atoms with Gasteiger partial charge in [0.1, 0.15) is 23.4 Å². The molecule has 45 heavy (non-hydrogen) atoms. The fourth-order valence-corrected chi connectivity index (χ4v) is 7.80. The largest absolute Gasteiger partial charge is 0.507 e. The summed E-state index contributed by atoms with van der Waals surface area (Å²) in [6.45, 7) is 4.32. The van der Waals surface area contributed by atoms with Crippen LogP contribution in [0.25, 0.3) is 16.5 Å². The molecule has 0 aliphatic carbocycles. The van der Waals surface area contributed by atoms with E-state index in [1.165, 1.54) is 33.4 Å². The molecule has 1 N–H and O–H groups in total. The minimum atomic E-state index is -0.933. The minimum Gasteiger partial charge on any atom is -0.507 e. The van der Waals surface area contributed by atoms with Crippen LogP contribution in [0.2, 0.25) is 0 Å². The van der Waals surface area contributed by atoms with Gasteiger partial charge < -0.3 is 14.6 Å². The number of hydrogen-bond acceptors (Lipinski definition) is 9. The smallest absolute Gasteiger partial charge is 0.301 e. The van der Waals surface area contributed by atoms with Gasteiger partial charge in [-0.15, -0.1) is 10.2 Å². The summed E-state index contributed by atoms with van der Waals surface area (Å²) >= 11 is 2.76. The van der Waals surface area contributed by atoms with Gasteiger partial charge >= 0.3 is 5.91 Å².